The Bertz CT molecular complexity index is 600. The van der Waals surface area contributed by atoms with Gasteiger partial charge in [0.1, 0.15) is 12.4 Å². The summed E-state index contributed by atoms with van der Waals surface area (Å²) in [6.07, 6.45) is 0. The topological polar surface area (TPSA) is 27.7 Å². The van der Waals surface area contributed by atoms with Crippen molar-refractivity contribution >= 4 is 28.7 Å². The lowest BCUT2D eigenvalue weighted by Gasteiger charge is -2.29. The SMILES string of the molecule is COc1ccc(N2CNC(=S)N2c2ccccc2)cc1. The summed E-state index contributed by atoms with van der Waals surface area (Å²) in [4.78, 5) is 0. The van der Waals surface area contributed by atoms with Crippen molar-refractivity contribution in [2.75, 3.05) is 23.8 Å². The van der Waals surface area contributed by atoms with Crippen LogP contribution in [-0.2, 0) is 0 Å². The smallest absolute Gasteiger partial charge is 0.194 e. The maximum Gasteiger partial charge on any atom is 0.194 e. The highest BCUT2D eigenvalue weighted by Crippen LogP contribution is 2.26. The van der Waals surface area contributed by atoms with Gasteiger partial charge in [-0.15, -0.1) is 0 Å². The molecule has 0 aromatic heterocycles. The molecular formula is C15H15N3OS. The van der Waals surface area contributed by atoms with Crippen LogP contribution < -0.4 is 20.1 Å². The van der Waals surface area contributed by atoms with Crippen LogP contribution in [0.2, 0.25) is 0 Å². The Morgan fingerprint density at radius 2 is 1.70 bits per heavy atom. The number of hydrazine groups is 1. The Morgan fingerprint density at radius 3 is 2.35 bits per heavy atom. The Labute approximate surface area is 123 Å². The molecule has 1 aliphatic heterocycles. The van der Waals surface area contributed by atoms with Crippen molar-refractivity contribution in [2.45, 2.75) is 0 Å². The van der Waals surface area contributed by atoms with E-state index in [2.05, 4.69) is 10.3 Å². The molecule has 2 aromatic carbocycles. The number of benzene rings is 2. The molecule has 0 atom stereocenters. The Balaban J connectivity index is 1.93. The molecule has 3 rings (SSSR count). The molecule has 0 unspecified atom stereocenters. The van der Waals surface area contributed by atoms with E-state index in [4.69, 9.17) is 17.0 Å². The molecule has 0 spiro atoms. The van der Waals surface area contributed by atoms with Crippen LogP contribution in [0.5, 0.6) is 5.75 Å². The summed E-state index contributed by atoms with van der Waals surface area (Å²) in [7, 11) is 1.66. The zero-order valence-electron chi connectivity index (χ0n) is 11.1. The zero-order chi connectivity index (χ0) is 13.9. The van der Waals surface area contributed by atoms with Crippen molar-refractivity contribution in [3.8, 4) is 5.75 Å². The third kappa shape index (κ3) is 2.28. The highest BCUT2D eigenvalue weighted by molar-refractivity contribution is 7.80. The number of anilines is 2. The average Bonchev–Trinajstić information content (AvgIpc) is 2.90. The molecule has 4 nitrogen and oxygen atoms in total. The third-order valence-corrected chi connectivity index (χ3v) is 3.50. The third-order valence-electron chi connectivity index (χ3n) is 3.19. The fraction of sp³-hybridized carbons (Fsp3) is 0.133. The van der Waals surface area contributed by atoms with Crippen molar-refractivity contribution in [2.24, 2.45) is 0 Å². The highest BCUT2D eigenvalue weighted by Gasteiger charge is 2.27. The number of thiocarbonyl (C=S) groups is 1. The van der Waals surface area contributed by atoms with Gasteiger partial charge in [-0.1, -0.05) is 18.2 Å². The largest absolute Gasteiger partial charge is 0.497 e. The van der Waals surface area contributed by atoms with Crippen LogP contribution in [0, 0.1) is 0 Å². The minimum atomic E-state index is 0.653. The van der Waals surface area contributed by atoms with Gasteiger partial charge in [0.05, 0.1) is 18.5 Å². The predicted octanol–water partition coefficient (Wildman–Crippen LogP) is 2.77. The molecule has 102 valence electrons. The van der Waals surface area contributed by atoms with E-state index in [0.29, 0.717) is 11.8 Å². The standard InChI is InChI=1S/C15H15N3OS/c1-19-14-9-7-12(8-10-14)17-11-16-15(20)18(17)13-5-3-2-4-6-13/h2-10H,11H2,1H3,(H,16,20). The second-order valence-electron chi connectivity index (χ2n) is 4.38. The van der Waals surface area contributed by atoms with Gasteiger partial charge in [-0.2, -0.15) is 0 Å². The lowest BCUT2D eigenvalue weighted by molar-refractivity contribution is 0.415. The lowest BCUT2D eigenvalue weighted by atomic mass is 10.3. The molecule has 1 saturated heterocycles. The van der Waals surface area contributed by atoms with Gasteiger partial charge in [-0.05, 0) is 48.6 Å². The van der Waals surface area contributed by atoms with Gasteiger partial charge in [0, 0.05) is 0 Å². The van der Waals surface area contributed by atoms with Crippen LogP contribution in [0.15, 0.2) is 54.6 Å². The molecule has 2 aromatic rings. The van der Waals surface area contributed by atoms with Crippen molar-refractivity contribution < 1.29 is 4.74 Å². The van der Waals surface area contributed by atoms with E-state index in [-0.39, 0.29) is 0 Å². The van der Waals surface area contributed by atoms with Crippen LogP contribution in [0.3, 0.4) is 0 Å². The molecule has 20 heavy (non-hydrogen) atoms. The summed E-state index contributed by atoms with van der Waals surface area (Å²) in [6, 6.07) is 18.0. The first-order valence-corrected chi connectivity index (χ1v) is 6.75. The molecule has 0 aliphatic carbocycles. The van der Waals surface area contributed by atoms with Crippen molar-refractivity contribution in [1.29, 1.82) is 0 Å². The van der Waals surface area contributed by atoms with Crippen molar-refractivity contribution in [3.63, 3.8) is 0 Å². The van der Waals surface area contributed by atoms with Crippen molar-refractivity contribution in [3.05, 3.63) is 54.6 Å². The Kier molecular flexibility index (Phi) is 3.43. The summed E-state index contributed by atoms with van der Waals surface area (Å²) >= 11 is 5.40. The molecule has 0 amide bonds. The highest BCUT2D eigenvalue weighted by atomic mass is 32.1. The van der Waals surface area contributed by atoms with Crippen LogP contribution in [0.4, 0.5) is 11.4 Å². The quantitative estimate of drug-likeness (QED) is 0.875. The van der Waals surface area contributed by atoms with Crippen LogP contribution in [-0.4, -0.2) is 18.9 Å². The monoisotopic (exact) mass is 285 g/mol. The summed E-state index contributed by atoms with van der Waals surface area (Å²) in [5, 5.41) is 7.99. The number of hydrogen-bond donors (Lipinski definition) is 1. The normalized spacial score (nSPS) is 14.3. The van der Waals surface area contributed by atoms with Gasteiger partial charge in [-0.3, -0.25) is 5.01 Å². The second kappa shape index (κ2) is 5.38. The van der Waals surface area contributed by atoms with Gasteiger partial charge >= 0.3 is 0 Å². The first kappa shape index (κ1) is 12.7. The van der Waals surface area contributed by atoms with E-state index >= 15 is 0 Å². The summed E-state index contributed by atoms with van der Waals surface area (Å²) in [5.74, 6) is 0.842. The number of hydrogen-bond acceptors (Lipinski definition) is 3. The number of rotatable bonds is 3. The maximum absolute atomic E-state index is 5.40. The van der Waals surface area contributed by atoms with Crippen LogP contribution in [0.1, 0.15) is 0 Å². The fourth-order valence-electron chi connectivity index (χ4n) is 2.18. The molecule has 1 fully saturated rings. The molecular weight excluding hydrogens is 270 g/mol. The second-order valence-corrected chi connectivity index (χ2v) is 4.77. The summed E-state index contributed by atoms with van der Waals surface area (Å²) in [6.45, 7) is 0.653. The molecule has 1 heterocycles. The first-order chi connectivity index (χ1) is 9.79. The Morgan fingerprint density at radius 1 is 1.00 bits per heavy atom. The number of ether oxygens (including phenoxy) is 1. The van der Waals surface area contributed by atoms with Gasteiger partial charge in [-0.25, -0.2) is 5.01 Å². The van der Waals surface area contributed by atoms with E-state index in [0.717, 1.165) is 17.1 Å². The summed E-state index contributed by atoms with van der Waals surface area (Å²) in [5.41, 5.74) is 2.10. The first-order valence-electron chi connectivity index (χ1n) is 6.34. The molecule has 0 bridgehead atoms. The van der Waals surface area contributed by atoms with Crippen LogP contribution in [0.25, 0.3) is 0 Å². The van der Waals surface area contributed by atoms with Gasteiger partial charge in [0.2, 0.25) is 0 Å². The Hall–Kier alpha value is -2.27. The minimum Gasteiger partial charge on any atom is -0.497 e. The van der Waals surface area contributed by atoms with Gasteiger partial charge in [0.15, 0.2) is 5.11 Å². The van der Waals surface area contributed by atoms with Gasteiger partial charge in [0.25, 0.3) is 0 Å². The van der Waals surface area contributed by atoms with E-state index in [1.165, 1.54) is 0 Å². The lowest BCUT2D eigenvalue weighted by Crippen LogP contribution is -2.38. The number of methoxy groups -OCH3 is 1. The number of nitrogens with one attached hydrogen (secondary N) is 1. The molecule has 0 saturated carbocycles. The number of para-hydroxylation sites is 1. The number of nitrogens with zero attached hydrogens (tertiary/aromatic N) is 2. The minimum absolute atomic E-state index is 0.653. The zero-order valence-corrected chi connectivity index (χ0v) is 11.9. The molecule has 1 aliphatic rings. The molecule has 5 heteroatoms. The molecule has 1 N–H and O–H groups in total. The fourth-order valence-corrected chi connectivity index (χ4v) is 2.45. The van der Waals surface area contributed by atoms with E-state index in [1.807, 2.05) is 59.6 Å². The van der Waals surface area contributed by atoms with E-state index < -0.39 is 0 Å². The average molecular weight is 285 g/mol. The van der Waals surface area contributed by atoms with E-state index in [9.17, 15) is 0 Å². The van der Waals surface area contributed by atoms with Crippen molar-refractivity contribution in [1.82, 2.24) is 5.32 Å². The summed E-state index contributed by atoms with van der Waals surface area (Å²) < 4.78 is 5.19. The predicted molar refractivity (Wildman–Crippen MR) is 85.0 cm³/mol. The van der Waals surface area contributed by atoms with Crippen LogP contribution >= 0.6 is 12.2 Å². The maximum atomic E-state index is 5.40. The van der Waals surface area contributed by atoms with E-state index in [1.54, 1.807) is 7.11 Å². The van der Waals surface area contributed by atoms with Gasteiger partial charge < -0.3 is 10.1 Å². The molecule has 0 radical (unpaired) electrons.